The highest BCUT2D eigenvalue weighted by Gasteiger charge is 2.36. The molecule has 0 aromatic heterocycles. The zero-order valence-electron chi connectivity index (χ0n) is 12.2. The fourth-order valence-corrected chi connectivity index (χ4v) is 3.22. The molecule has 0 amide bonds. The van der Waals surface area contributed by atoms with Crippen LogP contribution in [0.4, 0.5) is 0 Å². The minimum absolute atomic E-state index is 0.0664. The Morgan fingerprint density at radius 1 is 1.32 bits per heavy atom. The Bertz CT molecular complexity index is 376. The largest absolute Gasteiger partial charge is 0.394 e. The molecule has 2 rings (SSSR count). The van der Waals surface area contributed by atoms with Crippen LogP contribution in [0.25, 0.3) is 0 Å². The molecule has 0 saturated heterocycles. The Hall–Kier alpha value is -0.860. The number of rotatable bonds is 5. The molecule has 0 spiro atoms. The van der Waals surface area contributed by atoms with Gasteiger partial charge in [0, 0.05) is 12.1 Å². The van der Waals surface area contributed by atoms with Crippen molar-refractivity contribution < 1.29 is 5.11 Å². The lowest BCUT2D eigenvalue weighted by Gasteiger charge is -2.42. The van der Waals surface area contributed by atoms with Crippen molar-refractivity contribution in [3.05, 3.63) is 35.9 Å². The van der Waals surface area contributed by atoms with Crippen molar-refractivity contribution in [3.63, 3.8) is 0 Å². The van der Waals surface area contributed by atoms with E-state index in [4.69, 9.17) is 0 Å². The average Bonchev–Trinajstić information content (AvgIpc) is 2.46. The summed E-state index contributed by atoms with van der Waals surface area (Å²) < 4.78 is 0. The summed E-state index contributed by atoms with van der Waals surface area (Å²) in [7, 11) is 0. The first-order chi connectivity index (χ1) is 9.15. The van der Waals surface area contributed by atoms with Crippen molar-refractivity contribution in [1.29, 1.82) is 0 Å². The molecule has 1 aromatic carbocycles. The Morgan fingerprint density at radius 3 is 2.68 bits per heavy atom. The third kappa shape index (κ3) is 3.80. The van der Waals surface area contributed by atoms with Crippen molar-refractivity contribution in [3.8, 4) is 0 Å². The molecule has 1 saturated carbocycles. The van der Waals surface area contributed by atoms with Gasteiger partial charge in [-0.1, -0.05) is 57.0 Å². The van der Waals surface area contributed by atoms with Gasteiger partial charge in [0.2, 0.25) is 0 Å². The number of aliphatic hydroxyl groups excluding tert-OH is 1. The second-order valence-corrected chi connectivity index (χ2v) is 6.38. The van der Waals surface area contributed by atoms with E-state index in [9.17, 15) is 5.11 Å². The molecule has 0 radical (unpaired) electrons. The molecule has 0 bridgehead atoms. The van der Waals surface area contributed by atoms with Crippen molar-refractivity contribution in [2.75, 3.05) is 6.61 Å². The number of nitrogens with one attached hydrogen (secondary N) is 1. The summed E-state index contributed by atoms with van der Waals surface area (Å²) in [5.41, 5.74) is 1.23. The van der Waals surface area contributed by atoms with E-state index in [1.165, 1.54) is 18.4 Å². The molecule has 2 unspecified atom stereocenters. The van der Waals surface area contributed by atoms with E-state index in [0.29, 0.717) is 5.92 Å². The highest BCUT2D eigenvalue weighted by atomic mass is 16.3. The van der Waals surface area contributed by atoms with Gasteiger partial charge in [0.25, 0.3) is 0 Å². The molecule has 1 aromatic rings. The summed E-state index contributed by atoms with van der Waals surface area (Å²) in [6.07, 6.45) is 4.74. The van der Waals surface area contributed by atoms with Crippen LogP contribution in [-0.2, 0) is 6.54 Å². The van der Waals surface area contributed by atoms with E-state index in [2.05, 4.69) is 43.4 Å². The van der Waals surface area contributed by atoms with Gasteiger partial charge in [-0.05, 0) is 30.2 Å². The van der Waals surface area contributed by atoms with Crippen LogP contribution in [0, 0.1) is 11.8 Å². The zero-order chi connectivity index (χ0) is 13.7. The highest BCUT2D eigenvalue weighted by Crippen LogP contribution is 2.36. The van der Waals surface area contributed by atoms with Crippen molar-refractivity contribution >= 4 is 0 Å². The highest BCUT2D eigenvalue weighted by molar-refractivity contribution is 5.15. The van der Waals surface area contributed by atoms with Gasteiger partial charge in [-0.25, -0.2) is 0 Å². The van der Waals surface area contributed by atoms with E-state index < -0.39 is 0 Å². The fraction of sp³-hybridized carbons (Fsp3) is 0.647. The third-order valence-corrected chi connectivity index (χ3v) is 4.64. The molecule has 1 aliphatic rings. The van der Waals surface area contributed by atoms with Gasteiger partial charge >= 0.3 is 0 Å². The summed E-state index contributed by atoms with van der Waals surface area (Å²) in [5.74, 6) is 1.45. The Morgan fingerprint density at radius 2 is 2.05 bits per heavy atom. The minimum Gasteiger partial charge on any atom is -0.394 e. The van der Waals surface area contributed by atoms with Crippen molar-refractivity contribution in [1.82, 2.24) is 5.32 Å². The van der Waals surface area contributed by atoms with Gasteiger partial charge in [0.1, 0.15) is 0 Å². The van der Waals surface area contributed by atoms with Crippen LogP contribution in [0.5, 0.6) is 0 Å². The van der Waals surface area contributed by atoms with E-state index in [-0.39, 0.29) is 12.1 Å². The van der Waals surface area contributed by atoms with Gasteiger partial charge in [0.15, 0.2) is 0 Å². The molecule has 106 valence electrons. The maximum atomic E-state index is 9.86. The quantitative estimate of drug-likeness (QED) is 0.852. The molecule has 2 N–H and O–H groups in total. The summed E-state index contributed by atoms with van der Waals surface area (Å²) in [6, 6.07) is 10.5. The van der Waals surface area contributed by atoms with Crippen LogP contribution in [0.2, 0.25) is 0 Å². The molecule has 2 atom stereocenters. The fourth-order valence-electron chi connectivity index (χ4n) is 3.22. The molecule has 0 heterocycles. The second-order valence-electron chi connectivity index (χ2n) is 6.38. The van der Waals surface area contributed by atoms with Gasteiger partial charge in [-0.3, -0.25) is 0 Å². The predicted octanol–water partition coefficient (Wildman–Crippen LogP) is 3.35. The molecule has 0 aliphatic heterocycles. The lowest BCUT2D eigenvalue weighted by Crippen LogP contribution is -2.51. The van der Waals surface area contributed by atoms with Gasteiger partial charge in [0.05, 0.1) is 6.61 Å². The summed E-state index contributed by atoms with van der Waals surface area (Å²) in [6.45, 7) is 5.71. The molecular weight excluding hydrogens is 234 g/mol. The Kier molecular flexibility index (Phi) is 5.00. The average molecular weight is 261 g/mol. The standard InChI is InChI=1S/C17H27NO/c1-14(2)16-9-6-10-17(11-16,13-19)18-12-15-7-4-3-5-8-15/h3-5,7-8,14,16,18-19H,6,9-13H2,1-2H3. The van der Waals surface area contributed by atoms with Crippen LogP contribution < -0.4 is 5.32 Å². The predicted molar refractivity (Wildman–Crippen MR) is 79.9 cm³/mol. The van der Waals surface area contributed by atoms with E-state index >= 15 is 0 Å². The van der Waals surface area contributed by atoms with E-state index in [1.54, 1.807) is 0 Å². The lowest BCUT2D eigenvalue weighted by atomic mass is 9.72. The van der Waals surface area contributed by atoms with E-state index in [0.717, 1.165) is 25.3 Å². The first-order valence-corrected chi connectivity index (χ1v) is 7.55. The van der Waals surface area contributed by atoms with Gasteiger partial charge < -0.3 is 10.4 Å². The minimum atomic E-state index is -0.0664. The van der Waals surface area contributed by atoms with Crippen LogP contribution >= 0.6 is 0 Å². The molecule has 19 heavy (non-hydrogen) atoms. The maximum Gasteiger partial charge on any atom is 0.0613 e. The molecule has 2 heteroatoms. The molecule has 1 aliphatic carbocycles. The zero-order valence-corrected chi connectivity index (χ0v) is 12.2. The summed E-state index contributed by atoms with van der Waals surface area (Å²) in [5, 5.41) is 13.5. The van der Waals surface area contributed by atoms with Crippen molar-refractivity contribution in [2.45, 2.75) is 51.6 Å². The SMILES string of the molecule is CC(C)C1CCCC(CO)(NCc2ccccc2)C1. The summed E-state index contributed by atoms with van der Waals surface area (Å²) in [4.78, 5) is 0. The first-order valence-electron chi connectivity index (χ1n) is 7.55. The van der Waals surface area contributed by atoms with Crippen LogP contribution in [0.3, 0.4) is 0 Å². The first kappa shape index (κ1) is 14.5. The second kappa shape index (κ2) is 6.53. The monoisotopic (exact) mass is 261 g/mol. The smallest absolute Gasteiger partial charge is 0.0613 e. The van der Waals surface area contributed by atoms with Crippen LogP contribution in [-0.4, -0.2) is 17.3 Å². The third-order valence-electron chi connectivity index (χ3n) is 4.64. The van der Waals surface area contributed by atoms with Crippen LogP contribution in [0.15, 0.2) is 30.3 Å². The Labute approximate surface area is 117 Å². The van der Waals surface area contributed by atoms with Gasteiger partial charge in [-0.15, -0.1) is 0 Å². The van der Waals surface area contributed by atoms with Gasteiger partial charge in [-0.2, -0.15) is 0 Å². The van der Waals surface area contributed by atoms with Crippen molar-refractivity contribution in [2.24, 2.45) is 11.8 Å². The molecular formula is C17H27NO. The number of hydrogen-bond donors (Lipinski definition) is 2. The lowest BCUT2D eigenvalue weighted by molar-refractivity contribution is 0.0798. The Balaban J connectivity index is 1.98. The number of aliphatic hydroxyl groups is 1. The maximum absolute atomic E-state index is 9.86. The van der Waals surface area contributed by atoms with E-state index in [1.807, 2.05) is 6.07 Å². The van der Waals surface area contributed by atoms with Crippen LogP contribution in [0.1, 0.15) is 45.1 Å². The molecule has 1 fully saturated rings. The number of hydrogen-bond acceptors (Lipinski definition) is 2. The molecule has 2 nitrogen and oxygen atoms in total. The topological polar surface area (TPSA) is 32.3 Å². The number of benzene rings is 1. The summed E-state index contributed by atoms with van der Waals surface area (Å²) >= 11 is 0. The normalized spacial score (nSPS) is 27.7.